The highest BCUT2D eigenvalue weighted by Crippen LogP contribution is 2.28. The Kier molecular flexibility index (Phi) is 5.37. The van der Waals surface area contributed by atoms with Crippen molar-refractivity contribution >= 4 is 49.2 Å². The Bertz CT molecular complexity index is 1140. The van der Waals surface area contributed by atoms with Gasteiger partial charge in [-0.15, -0.1) is 0 Å². The number of halogens is 1. The lowest BCUT2D eigenvalue weighted by atomic mass is 10.1. The number of hydrogen-bond acceptors (Lipinski definition) is 5. The van der Waals surface area contributed by atoms with Crippen LogP contribution in [0.2, 0.25) is 0 Å². The summed E-state index contributed by atoms with van der Waals surface area (Å²) in [6.45, 7) is 0.234. The van der Waals surface area contributed by atoms with Gasteiger partial charge in [0.05, 0.1) is 22.7 Å². The number of nitrogens with zero attached hydrogens (tertiary/aromatic N) is 2. The maximum absolute atomic E-state index is 13.0. The Morgan fingerprint density at radius 1 is 1.10 bits per heavy atom. The standard InChI is InChI=1S/C20H18BrN3O5S/c21-13-6-7-16-15(10-13)20(27)24-9-8-23(11-17(24)19(26)22-16)18(25)12-30(28,29)14-4-2-1-3-5-14/h1-7,10,17H,8-9,11-12H2,(H,22,26). The van der Waals surface area contributed by atoms with Gasteiger partial charge in [-0.1, -0.05) is 34.1 Å². The van der Waals surface area contributed by atoms with Crippen molar-refractivity contribution in [1.82, 2.24) is 9.80 Å². The minimum Gasteiger partial charge on any atom is -0.337 e. The van der Waals surface area contributed by atoms with Crippen LogP contribution >= 0.6 is 15.9 Å². The van der Waals surface area contributed by atoms with E-state index in [1.165, 1.54) is 21.9 Å². The molecule has 2 aliphatic rings. The molecule has 0 aliphatic carbocycles. The molecule has 3 amide bonds. The van der Waals surface area contributed by atoms with Gasteiger partial charge in [0.1, 0.15) is 11.8 Å². The summed E-state index contributed by atoms with van der Waals surface area (Å²) in [7, 11) is -3.80. The maximum atomic E-state index is 13.0. The zero-order valence-electron chi connectivity index (χ0n) is 15.7. The van der Waals surface area contributed by atoms with Gasteiger partial charge < -0.3 is 15.1 Å². The molecule has 1 saturated heterocycles. The Balaban J connectivity index is 1.53. The van der Waals surface area contributed by atoms with Gasteiger partial charge in [0, 0.05) is 17.6 Å². The van der Waals surface area contributed by atoms with Gasteiger partial charge in [-0.05, 0) is 30.3 Å². The molecule has 2 aliphatic heterocycles. The normalized spacial score (nSPS) is 18.9. The molecule has 0 bridgehead atoms. The molecule has 4 rings (SSSR count). The van der Waals surface area contributed by atoms with Crippen LogP contribution in [0.1, 0.15) is 10.4 Å². The van der Waals surface area contributed by atoms with E-state index in [0.717, 1.165) is 0 Å². The molecule has 2 aromatic rings. The van der Waals surface area contributed by atoms with E-state index in [-0.39, 0.29) is 30.4 Å². The quantitative estimate of drug-likeness (QED) is 0.700. The van der Waals surface area contributed by atoms with Crippen LogP contribution in [0.25, 0.3) is 0 Å². The second kappa shape index (κ2) is 7.84. The number of benzene rings is 2. The van der Waals surface area contributed by atoms with Crippen molar-refractivity contribution < 1.29 is 22.8 Å². The van der Waals surface area contributed by atoms with Gasteiger partial charge in [-0.2, -0.15) is 0 Å². The lowest BCUT2D eigenvalue weighted by Crippen LogP contribution is -2.60. The third-order valence-corrected chi connectivity index (χ3v) is 7.29. The average molecular weight is 492 g/mol. The molecule has 1 atom stereocenters. The third-order valence-electron chi connectivity index (χ3n) is 5.18. The summed E-state index contributed by atoms with van der Waals surface area (Å²) < 4.78 is 25.8. The van der Waals surface area contributed by atoms with Crippen molar-refractivity contribution in [2.75, 3.05) is 30.7 Å². The van der Waals surface area contributed by atoms with Crippen LogP contribution in [0.3, 0.4) is 0 Å². The summed E-state index contributed by atoms with van der Waals surface area (Å²) in [6.07, 6.45) is 0. The van der Waals surface area contributed by atoms with Crippen molar-refractivity contribution in [3.63, 3.8) is 0 Å². The van der Waals surface area contributed by atoms with Crippen molar-refractivity contribution in [2.45, 2.75) is 10.9 Å². The Morgan fingerprint density at radius 2 is 1.83 bits per heavy atom. The molecule has 30 heavy (non-hydrogen) atoms. The van der Waals surface area contributed by atoms with E-state index in [2.05, 4.69) is 21.2 Å². The summed E-state index contributed by atoms with van der Waals surface area (Å²) in [5.74, 6) is -2.00. The number of hydrogen-bond donors (Lipinski definition) is 1. The fraction of sp³-hybridized carbons (Fsp3) is 0.250. The van der Waals surface area contributed by atoms with E-state index in [4.69, 9.17) is 0 Å². The van der Waals surface area contributed by atoms with E-state index in [9.17, 15) is 22.8 Å². The average Bonchev–Trinajstić information content (AvgIpc) is 2.83. The SMILES string of the molecule is O=C1Nc2ccc(Br)cc2C(=O)N2CCN(C(=O)CS(=O)(=O)c3ccccc3)CC12. The molecule has 0 radical (unpaired) electrons. The molecule has 0 aromatic heterocycles. The fourth-order valence-corrected chi connectivity index (χ4v) is 5.22. The number of fused-ring (bicyclic) bond motifs is 2. The van der Waals surface area contributed by atoms with Gasteiger partial charge >= 0.3 is 0 Å². The summed E-state index contributed by atoms with van der Waals surface area (Å²) in [4.78, 5) is 41.3. The summed E-state index contributed by atoms with van der Waals surface area (Å²) in [5.41, 5.74) is 0.777. The van der Waals surface area contributed by atoms with Crippen LogP contribution in [-0.2, 0) is 19.4 Å². The highest BCUT2D eigenvalue weighted by atomic mass is 79.9. The minimum atomic E-state index is -3.80. The second-order valence-electron chi connectivity index (χ2n) is 7.11. The van der Waals surface area contributed by atoms with Crippen LogP contribution in [0.15, 0.2) is 57.9 Å². The van der Waals surface area contributed by atoms with Gasteiger partial charge in [0.2, 0.25) is 11.8 Å². The highest BCUT2D eigenvalue weighted by Gasteiger charge is 2.41. The van der Waals surface area contributed by atoms with Crippen molar-refractivity contribution in [1.29, 1.82) is 0 Å². The number of nitrogens with one attached hydrogen (secondary N) is 1. The monoisotopic (exact) mass is 491 g/mol. The first-order chi connectivity index (χ1) is 14.3. The van der Waals surface area contributed by atoms with Crippen LogP contribution in [0.4, 0.5) is 5.69 Å². The number of piperazine rings is 1. The predicted molar refractivity (Wildman–Crippen MR) is 113 cm³/mol. The number of carbonyl (C=O) groups excluding carboxylic acids is 3. The molecule has 2 heterocycles. The summed E-state index contributed by atoms with van der Waals surface area (Å²) in [6, 6.07) is 11.9. The van der Waals surface area contributed by atoms with Crippen LogP contribution in [0.5, 0.6) is 0 Å². The van der Waals surface area contributed by atoms with E-state index >= 15 is 0 Å². The fourth-order valence-electron chi connectivity index (χ4n) is 3.62. The predicted octanol–water partition coefficient (Wildman–Crippen LogP) is 1.53. The molecule has 8 nitrogen and oxygen atoms in total. The Labute approximate surface area is 181 Å². The van der Waals surface area contributed by atoms with Crippen molar-refractivity contribution in [2.24, 2.45) is 0 Å². The van der Waals surface area contributed by atoms with E-state index < -0.39 is 33.4 Å². The zero-order valence-corrected chi connectivity index (χ0v) is 18.1. The Hall–Kier alpha value is -2.72. The van der Waals surface area contributed by atoms with Crippen molar-refractivity contribution in [3.05, 3.63) is 58.6 Å². The largest absolute Gasteiger partial charge is 0.337 e. The third kappa shape index (κ3) is 3.84. The smallest absolute Gasteiger partial charge is 0.256 e. The summed E-state index contributed by atoms with van der Waals surface area (Å²) >= 11 is 3.33. The van der Waals surface area contributed by atoms with Gasteiger partial charge in [-0.3, -0.25) is 14.4 Å². The number of amides is 3. The molecule has 156 valence electrons. The second-order valence-corrected chi connectivity index (χ2v) is 10.0. The first-order valence-electron chi connectivity index (χ1n) is 9.23. The topological polar surface area (TPSA) is 104 Å². The number of anilines is 1. The van der Waals surface area contributed by atoms with Gasteiger partial charge in [0.15, 0.2) is 9.84 Å². The van der Waals surface area contributed by atoms with Crippen LogP contribution < -0.4 is 5.32 Å². The van der Waals surface area contributed by atoms with Crippen molar-refractivity contribution in [3.8, 4) is 0 Å². The molecule has 2 aromatic carbocycles. The summed E-state index contributed by atoms with van der Waals surface area (Å²) in [5, 5.41) is 2.73. The van der Waals surface area contributed by atoms with Crippen LogP contribution in [-0.4, -0.2) is 67.4 Å². The number of sulfone groups is 1. The first kappa shape index (κ1) is 20.5. The van der Waals surface area contributed by atoms with Gasteiger partial charge in [0.25, 0.3) is 5.91 Å². The van der Waals surface area contributed by atoms with Crippen LogP contribution in [0, 0.1) is 0 Å². The molecule has 0 saturated carbocycles. The molecule has 0 spiro atoms. The minimum absolute atomic E-state index is 0.0596. The van der Waals surface area contributed by atoms with E-state index in [1.54, 1.807) is 36.4 Å². The zero-order chi connectivity index (χ0) is 21.5. The first-order valence-corrected chi connectivity index (χ1v) is 11.7. The Morgan fingerprint density at radius 3 is 2.57 bits per heavy atom. The molecule has 1 N–H and O–H groups in total. The van der Waals surface area contributed by atoms with Gasteiger partial charge in [-0.25, -0.2) is 8.42 Å². The van der Waals surface area contributed by atoms with E-state index in [1.807, 2.05) is 0 Å². The van der Waals surface area contributed by atoms with E-state index in [0.29, 0.717) is 15.7 Å². The lowest BCUT2D eigenvalue weighted by molar-refractivity contribution is -0.133. The number of rotatable bonds is 3. The molecule has 1 unspecified atom stereocenters. The molecular weight excluding hydrogens is 474 g/mol. The highest BCUT2D eigenvalue weighted by molar-refractivity contribution is 9.10. The molecular formula is C20H18BrN3O5S. The number of carbonyl (C=O) groups is 3. The molecule has 1 fully saturated rings. The molecule has 10 heteroatoms. The maximum Gasteiger partial charge on any atom is 0.256 e. The lowest BCUT2D eigenvalue weighted by Gasteiger charge is -2.39.